The fourth-order valence-electron chi connectivity index (χ4n) is 4.13. The number of morpholine rings is 1. The molecule has 0 radical (unpaired) electrons. The summed E-state index contributed by atoms with van der Waals surface area (Å²) < 4.78 is 11.1. The Bertz CT molecular complexity index is 917. The average molecular weight is 358 g/mol. The number of aromatic nitrogens is 1. The fraction of sp³-hybridized carbons (Fsp3) is 0.261. The summed E-state index contributed by atoms with van der Waals surface area (Å²) in [5.41, 5.74) is 5.13. The molecule has 0 aliphatic carbocycles. The van der Waals surface area contributed by atoms with Gasteiger partial charge in [0.05, 0.1) is 25.5 Å². The van der Waals surface area contributed by atoms with Gasteiger partial charge in [-0.1, -0.05) is 65.8 Å². The van der Waals surface area contributed by atoms with Crippen molar-refractivity contribution in [2.75, 3.05) is 13.2 Å². The van der Waals surface area contributed by atoms with E-state index in [0.717, 1.165) is 37.5 Å². The highest BCUT2D eigenvalue weighted by Crippen LogP contribution is 2.34. The Kier molecular flexibility index (Phi) is 4.36. The van der Waals surface area contributed by atoms with E-state index >= 15 is 0 Å². The maximum absolute atomic E-state index is 5.85. The molecule has 0 N–H and O–H groups in total. The van der Waals surface area contributed by atoms with Crippen molar-refractivity contribution in [1.82, 2.24) is 10.1 Å². The molecule has 2 bridgehead atoms. The molecule has 3 heterocycles. The van der Waals surface area contributed by atoms with Crippen LogP contribution in [0.2, 0.25) is 0 Å². The molecule has 0 saturated carbocycles. The molecular formula is C23H22N2O2. The van der Waals surface area contributed by atoms with E-state index in [1.807, 2.05) is 6.07 Å². The van der Waals surface area contributed by atoms with Gasteiger partial charge >= 0.3 is 0 Å². The number of ether oxygens (including phenoxy) is 1. The molecule has 3 aromatic rings. The van der Waals surface area contributed by atoms with E-state index < -0.39 is 0 Å². The second-order valence-electron chi connectivity index (χ2n) is 7.27. The Morgan fingerprint density at radius 2 is 1.74 bits per heavy atom. The van der Waals surface area contributed by atoms with Crippen LogP contribution in [0.15, 0.2) is 77.5 Å². The molecule has 4 nitrogen and oxygen atoms in total. The van der Waals surface area contributed by atoms with E-state index in [2.05, 4.69) is 70.7 Å². The quantitative estimate of drug-likeness (QED) is 0.693. The van der Waals surface area contributed by atoms with Gasteiger partial charge in [0.15, 0.2) is 5.76 Å². The van der Waals surface area contributed by atoms with Crippen molar-refractivity contribution in [3.8, 4) is 11.3 Å². The Balaban J connectivity index is 1.38. The van der Waals surface area contributed by atoms with Crippen LogP contribution >= 0.6 is 0 Å². The van der Waals surface area contributed by atoms with Crippen molar-refractivity contribution in [2.45, 2.75) is 25.0 Å². The lowest BCUT2D eigenvalue weighted by Gasteiger charge is -2.44. The zero-order valence-corrected chi connectivity index (χ0v) is 15.1. The van der Waals surface area contributed by atoms with E-state index in [0.29, 0.717) is 12.1 Å². The third-order valence-electron chi connectivity index (χ3n) is 5.53. The molecule has 2 aromatic carbocycles. The molecule has 136 valence electrons. The number of hydrogen-bond donors (Lipinski definition) is 0. The standard InChI is InChI=1S/C23H22N2O2/c1-2-4-17(5-3-1)14-25-21-12-20(13-22(25)16-26-15-21)18-6-8-19(9-7-18)23-10-11-24-27-23/h1-12,21-22H,13-16H2. The van der Waals surface area contributed by atoms with E-state index in [1.165, 1.54) is 16.7 Å². The third-order valence-corrected chi connectivity index (χ3v) is 5.53. The van der Waals surface area contributed by atoms with Crippen molar-refractivity contribution in [2.24, 2.45) is 0 Å². The summed E-state index contributed by atoms with van der Waals surface area (Å²) in [6, 6.07) is 22.0. The van der Waals surface area contributed by atoms with E-state index in [9.17, 15) is 0 Å². The molecule has 2 aliphatic heterocycles. The van der Waals surface area contributed by atoms with E-state index in [-0.39, 0.29) is 0 Å². The highest BCUT2D eigenvalue weighted by Gasteiger charge is 2.34. The molecule has 1 saturated heterocycles. The zero-order chi connectivity index (χ0) is 18.1. The fourth-order valence-corrected chi connectivity index (χ4v) is 4.13. The smallest absolute Gasteiger partial charge is 0.166 e. The van der Waals surface area contributed by atoms with Crippen LogP contribution in [-0.2, 0) is 11.3 Å². The van der Waals surface area contributed by atoms with Crippen molar-refractivity contribution < 1.29 is 9.26 Å². The third kappa shape index (κ3) is 3.34. The van der Waals surface area contributed by atoms with Gasteiger partial charge in [0.25, 0.3) is 0 Å². The summed E-state index contributed by atoms with van der Waals surface area (Å²) in [7, 11) is 0. The van der Waals surface area contributed by atoms with Gasteiger partial charge in [-0.05, 0) is 23.1 Å². The van der Waals surface area contributed by atoms with Gasteiger partial charge in [-0.15, -0.1) is 0 Å². The Labute approximate surface area is 159 Å². The average Bonchev–Trinajstić information content (AvgIpc) is 3.24. The maximum Gasteiger partial charge on any atom is 0.166 e. The van der Waals surface area contributed by atoms with Gasteiger partial charge in [0.2, 0.25) is 0 Å². The summed E-state index contributed by atoms with van der Waals surface area (Å²) in [5, 5.41) is 3.79. The van der Waals surface area contributed by atoms with Crippen LogP contribution < -0.4 is 0 Å². The first-order valence-electron chi connectivity index (χ1n) is 9.46. The van der Waals surface area contributed by atoms with Gasteiger partial charge in [0, 0.05) is 24.2 Å². The minimum Gasteiger partial charge on any atom is -0.378 e. The maximum atomic E-state index is 5.85. The molecule has 27 heavy (non-hydrogen) atoms. The summed E-state index contributed by atoms with van der Waals surface area (Å²) in [4.78, 5) is 2.59. The molecule has 1 aromatic heterocycles. The predicted molar refractivity (Wildman–Crippen MR) is 105 cm³/mol. The molecule has 2 atom stereocenters. The normalized spacial score (nSPS) is 22.4. The second kappa shape index (κ2) is 7.14. The molecular weight excluding hydrogens is 336 g/mol. The van der Waals surface area contributed by atoms with Crippen molar-refractivity contribution in [3.05, 3.63) is 84.1 Å². The summed E-state index contributed by atoms with van der Waals surface area (Å²) in [5.74, 6) is 0.804. The van der Waals surface area contributed by atoms with Crippen LogP contribution in [0.25, 0.3) is 16.9 Å². The summed E-state index contributed by atoms with van der Waals surface area (Å²) in [6.07, 6.45) is 5.09. The highest BCUT2D eigenvalue weighted by molar-refractivity contribution is 5.70. The molecule has 4 heteroatoms. The minimum absolute atomic E-state index is 0.335. The van der Waals surface area contributed by atoms with Crippen molar-refractivity contribution in [3.63, 3.8) is 0 Å². The lowest BCUT2D eigenvalue weighted by molar-refractivity contribution is -0.0402. The van der Waals surface area contributed by atoms with Gasteiger partial charge in [-0.3, -0.25) is 4.90 Å². The van der Waals surface area contributed by atoms with E-state index in [1.54, 1.807) is 6.20 Å². The first kappa shape index (κ1) is 16.5. The molecule has 5 rings (SSSR count). The van der Waals surface area contributed by atoms with Gasteiger partial charge in [0.1, 0.15) is 0 Å². The van der Waals surface area contributed by atoms with Crippen LogP contribution in [0.5, 0.6) is 0 Å². The molecule has 0 spiro atoms. The van der Waals surface area contributed by atoms with Crippen LogP contribution in [0.4, 0.5) is 0 Å². The number of fused-ring (bicyclic) bond motifs is 2. The second-order valence-corrected chi connectivity index (χ2v) is 7.27. The summed E-state index contributed by atoms with van der Waals surface area (Å²) >= 11 is 0. The Morgan fingerprint density at radius 3 is 2.48 bits per heavy atom. The zero-order valence-electron chi connectivity index (χ0n) is 15.1. The molecule has 2 aliphatic rings. The topological polar surface area (TPSA) is 38.5 Å². The lowest BCUT2D eigenvalue weighted by Crippen LogP contribution is -2.53. The van der Waals surface area contributed by atoms with Gasteiger partial charge in [-0.2, -0.15) is 0 Å². The SMILES string of the molecule is C1=C(c2ccc(-c3ccno3)cc2)CC2COCC1N2Cc1ccccc1. The molecule has 2 unspecified atom stereocenters. The number of nitrogens with zero attached hydrogens (tertiary/aromatic N) is 2. The first-order valence-corrected chi connectivity index (χ1v) is 9.46. The largest absolute Gasteiger partial charge is 0.378 e. The van der Waals surface area contributed by atoms with Crippen molar-refractivity contribution >= 4 is 5.57 Å². The molecule has 0 amide bonds. The van der Waals surface area contributed by atoms with Crippen molar-refractivity contribution in [1.29, 1.82) is 0 Å². The minimum atomic E-state index is 0.335. The number of rotatable bonds is 4. The number of hydrogen-bond acceptors (Lipinski definition) is 4. The van der Waals surface area contributed by atoms with E-state index in [4.69, 9.17) is 9.26 Å². The Hall–Kier alpha value is -2.69. The van der Waals surface area contributed by atoms with Gasteiger partial charge in [-0.25, -0.2) is 0 Å². The highest BCUT2D eigenvalue weighted by atomic mass is 16.5. The van der Waals surface area contributed by atoms with Crippen LogP contribution in [0.3, 0.4) is 0 Å². The first-order chi connectivity index (χ1) is 13.4. The predicted octanol–water partition coefficient (Wildman–Crippen LogP) is 4.40. The monoisotopic (exact) mass is 358 g/mol. The Morgan fingerprint density at radius 1 is 0.926 bits per heavy atom. The van der Waals surface area contributed by atoms with Crippen LogP contribution in [0.1, 0.15) is 17.5 Å². The number of benzene rings is 2. The summed E-state index contributed by atoms with van der Waals surface area (Å²) in [6.45, 7) is 2.55. The lowest BCUT2D eigenvalue weighted by atomic mass is 9.89. The van der Waals surface area contributed by atoms with Crippen LogP contribution in [-0.4, -0.2) is 35.4 Å². The molecule has 1 fully saturated rings. The van der Waals surface area contributed by atoms with Gasteiger partial charge < -0.3 is 9.26 Å². The van der Waals surface area contributed by atoms with Crippen LogP contribution in [0, 0.1) is 0 Å².